The molecule has 0 saturated carbocycles. The highest BCUT2D eigenvalue weighted by atomic mass is 79.9. The van der Waals surface area contributed by atoms with Gasteiger partial charge in [-0.15, -0.1) is 0 Å². The fourth-order valence-electron chi connectivity index (χ4n) is 1.95. The minimum absolute atomic E-state index is 0.751. The van der Waals surface area contributed by atoms with Gasteiger partial charge in [-0.2, -0.15) is 5.10 Å². The Hall–Kier alpha value is -1.36. The Morgan fingerprint density at radius 2 is 2.17 bits per heavy atom. The van der Waals surface area contributed by atoms with Crippen molar-refractivity contribution in [1.29, 1.82) is 0 Å². The number of aryl methyl sites for hydroxylation is 2. The van der Waals surface area contributed by atoms with E-state index in [0.717, 1.165) is 46.5 Å². The second-order valence-electron chi connectivity index (χ2n) is 4.13. The summed E-state index contributed by atoms with van der Waals surface area (Å²) in [5.74, 6) is 0. The maximum atomic E-state index is 5.96. The molecule has 2 heterocycles. The molecule has 0 aliphatic rings. The molecule has 96 valence electrons. The lowest BCUT2D eigenvalue weighted by atomic mass is 10.1. The van der Waals surface area contributed by atoms with E-state index in [-0.39, 0.29) is 0 Å². The molecule has 0 bridgehead atoms. The van der Waals surface area contributed by atoms with Crippen LogP contribution in [0.1, 0.15) is 30.8 Å². The zero-order valence-corrected chi connectivity index (χ0v) is 12.2. The average molecular weight is 309 g/mol. The number of nitrogens with two attached hydrogens (primary N) is 1. The minimum atomic E-state index is 0.751. The van der Waals surface area contributed by atoms with Gasteiger partial charge in [-0.05, 0) is 40.9 Å². The van der Waals surface area contributed by atoms with Crippen molar-refractivity contribution in [3.63, 3.8) is 0 Å². The lowest BCUT2D eigenvalue weighted by molar-refractivity contribution is 0.621. The van der Waals surface area contributed by atoms with E-state index >= 15 is 0 Å². The van der Waals surface area contributed by atoms with Crippen LogP contribution in [0.25, 0.3) is 0 Å². The van der Waals surface area contributed by atoms with Crippen molar-refractivity contribution in [1.82, 2.24) is 14.8 Å². The van der Waals surface area contributed by atoms with Crippen LogP contribution >= 0.6 is 15.9 Å². The quantitative estimate of drug-likeness (QED) is 0.945. The summed E-state index contributed by atoms with van der Waals surface area (Å²) < 4.78 is 3.12. The third kappa shape index (κ3) is 2.41. The van der Waals surface area contributed by atoms with E-state index in [9.17, 15) is 0 Å². The van der Waals surface area contributed by atoms with Gasteiger partial charge in [-0.1, -0.05) is 6.92 Å². The number of anilines is 1. The summed E-state index contributed by atoms with van der Waals surface area (Å²) in [6.45, 7) is 5.05. The molecule has 0 aromatic carbocycles. The maximum absolute atomic E-state index is 5.96. The second kappa shape index (κ2) is 5.52. The maximum Gasteiger partial charge on any atom is 0.0766 e. The molecule has 2 rings (SSSR count). The number of hydrogen-bond donors (Lipinski definition) is 1. The first-order valence-electron chi connectivity index (χ1n) is 6.09. The summed E-state index contributed by atoms with van der Waals surface area (Å²) >= 11 is 3.64. The third-order valence-electron chi connectivity index (χ3n) is 2.99. The van der Waals surface area contributed by atoms with E-state index in [1.54, 1.807) is 6.20 Å². The largest absolute Gasteiger partial charge is 0.398 e. The number of aromatic nitrogens is 3. The van der Waals surface area contributed by atoms with Crippen molar-refractivity contribution in [2.24, 2.45) is 0 Å². The Kier molecular flexibility index (Phi) is 4.01. The fourth-order valence-corrected chi connectivity index (χ4v) is 2.66. The Bertz CT molecular complexity index is 548. The van der Waals surface area contributed by atoms with Gasteiger partial charge in [0.2, 0.25) is 0 Å². The van der Waals surface area contributed by atoms with Gasteiger partial charge in [0.15, 0.2) is 0 Å². The van der Waals surface area contributed by atoms with Crippen LogP contribution < -0.4 is 5.73 Å². The normalized spacial score (nSPS) is 10.8. The lowest BCUT2D eigenvalue weighted by Gasteiger charge is -2.07. The monoisotopic (exact) mass is 308 g/mol. The van der Waals surface area contributed by atoms with Crippen LogP contribution in [0.15, 0.2) is 22.9 Å². The highest BCUT2D eigenvalue weighted by Crippen LogP contribution is 2.26. The van der Waals surface area contributed by atoms with Crippen molar-refractivity contribution in [3.05, 3.63) is 39.9 Å². The minimum Gasteiger partial charge on any atom is -0.398 e. The molecule has 0 amide bonds. The van der Waals surface area contributed by atoms with Gasteiger partial charge in [-0.25, -0.2) is 0 Å². The van der Waals surface area contributed by atoms with E-state index in [4.69, 9.17) is 5.73 Å². The topological polar surface area (TPSA) is 56.7 Å². The fraction of sp³-hybridized carbons (Fsp3) is 0.385. The Balaban J connectivity index is 2.40. The van der Waals surface area contributed by atoms with E-state index in [2.05, 4.69) is 39.9 Å². The van der Waals surface area contributed by atoms with Gasteiger partial charge in [0.1, 0.15) is 0 Å². The van der Waals surface area contributed by atoms with Crippen molar-refractivity contribution < 1.29 is 0 Å². The van der Waals surface area contributed by atoms with E-state index in [1.807, 2.05) is 16.9 Å². The number of hydrogen-bond acceptors (Lipinski definition) is 3. The predicted octanol–water partition coefficient (Wildman–Crippen LogP) is 2.80. The number of nitrogens with zero attached hydrogens (tertiary/aromatic N) is 3. The molecule has 2 aromatic heterocycles. The summed E-state index contributed by atoms with van der Waals surface area (Å²) in [6.07, 6.45) is 5.20. The molecule has 4 nitrogen and oxygen atoms in total. The molecule has 0 radical (unpaired) electrons. The van der Waals surface area contributed by atoms with Crippen molar-refractivity contribution in [2.75, 3.05) is 5.73 Å². The molecule has 0 aliphatic carbocycles. The molecular weight excluding hydrogens is 292 g/mol. The van der Waals surface area contributed by atoms with Crippen molar-refractivity contribution in [3.8, 4) is 0 Å². The number of rotatable bonds is 4. The first-order valence-corrected chi connectivity index (χ1v) is 6.89. The van der Waals surface area contributed by atoms with E-state index < -0.39 is 0 Å². The zero-order chi connectivity index (χ0) is 13.1. The van der Waals surface area contributed by atoms with Gasteiger partial charge in [0.05, 0.1) is 15.9 Å². The molecule has 0 unspecified atom stereocenters. The number of halogens is 1. The van der Waals surface area contributed by atoms with E-state index in [0.29, 0.717) is 0 Å². The van der Waals surface area contributed by atoms with Gasteiger partial charge in [0.25, 0.3) is 0 Å². The van der Waals surface area contributed by atoms with Gasteiger partial charge < -0.3 is 5.73 Å². The van der Waals surface area contributed by atoms with Crippen LogP contribution in [-0.4, -0.2) is 14.8 Å². The molecule has 2 aromatic rings. The lowest BCUT2D eigenvalue weighted by Crippen LogP contribution is -2.05. The van der Waals surface area contributed by atoms with Crippen LogP contribution in [-0.2, 0) is 19.4 Å². The first kappa shape index (κ1) is 13.1. The number of pyridine rings is 1. The van der Waals surface area contributed by atoms with Crippen LogP contribution in [0.4, 0.5) is 5.69 Å². The van der Waals surface area contributed by atoms with Gasteiger partial charge in [-0.3, -0.25) is 9.67 Å². The smallest absolute Gasteiger partial charge is 0.0766 e. The van der Waals surface area contributed by atoms with Crippen LogP contribution in [0.5, 0.6) is 0 Å². The van der Waals surface area contributed by atoms with Gasteiger partial charge in [0, 0.05) is 31.0 Å². The van der Waals surface area contributed by atoms with Gasteiger partial charge >= 0.3 is 0 Å². The Labute approximate surface area is 115 Å². The first-order chi connectivity index (χ1) is 8.67. The SMILES string of the molecule is CCc1nn(CC)c(Cc2cnccc2N)c1Br. The van der Waals surface area contributed by atoms with Crippen LogP contribution in [0.3, 0.4) is 0 Å². The zero-order valence-electron chi connectivity index (χ0n) is 10.7. The molecule has 18 heavy (non-hydrogen) atoms. The Morgan fingerprint density at radius 3 is 2.78 bits per heavy atom. The van der Waals surface area contributed by atoms with Crippen molar-refractivity contribution >= 4 is 21.6 Å². The summed E-state index contributed by atoms with van der Waals surface area (Å²) in [7, 11) is 0. The molecule has 0 atom stereocenters. The van der Waals surface area contributed by atoms with E-state index in [1.165, 1.54) is 0 Å². The molecule has 0 fully saturated rings. The molecule has 0 spiro atoms. The highest BCUT2D eigenvalue weighted by molar-refractivity contribution is 9.10. The molecular formula is C13H17BrN4. The summed E-state index contributed by atoms with van der Waals surface area (Å²) in [6, 6.07) is 1.83. The summed E-state index contributed by atoms with van der Waals surface area (Å²) in [5.41, 5.74) is 10.0. The average Bonchev–Trinajstić information content (AvgIpc) is 2.69. The predicted molar refractivity (Wildman–Crippen MR) is 76.4 cm³/mol. The Morgan fingerprint density at radius 1 is 1.39 bits per heavy atom. The molecule has 0 saturated heterocycles. The summed E-state index contributed by atoms with van der Waals surface area (Å²) in [4.78, 5) is 4.13. The molecule has 0 aliphatic heterocycles. The molecule has 2 N–H and O–H groups in total. The van der Waals surface area contributed by atoms with Crippen molar-refractivity contribution in [2.45, 2.75) is 33.2 Å². The molecule has 5 heteroatoms. The standard InChI is InChI=1S/C13H17BrN4/c1-3-11-13(14)12(18(4-2)17-11)7-9-8-16-6-5-10(9)15/h5-6,8H,3-4,7H2,1-2H3,(H2,15,16). The highest BCUT2D eigenvalue weighted by Gasteiger charge is 2.15. The third-order valence-corrected chi connectivity index (χ3v) is 3.91. The second-order valence-corrected chi connectivity index (χ2v) is 4.92. The number of nitrogen functional groups attached to an aromatic ring is 1. The summed E-state index contributed by atoms with van der Waals surface area (Å²) in [5, 5.41) is 4.58. The van der Waals surface area contributed by atoms with Crippen LogP contribution in [0, 0.1) is 0 Å². The van der Waals surface area contributed by atoms with Crippen LogP contribution in [0.2, 0.25) is 0 Å².